The second kappa shape index (κ2) is 8.17. The molecule has 0 aliphatic carbocycles. The van der Waals surface area contributed by atoms with Crippen molar-refractivity contribution >= 4 is 35.1 Å². The Morgan fingerprint density at radius 2 is 2.07 bits per heavy atom. The molecule has 1 fully saturated rings. The molecule has 11 nitrogen and oxygen atoms in total. The molecular weight excluding hydrogens is 406 g/mol. The van der Waals surface area contributed by atoms with Crippen LogP contribution in [0.1, 0.15) is 36.2 Å². The van der Waals surface area contributed by atoms with Gasteiger partial charge in [0.2, 0.25) is 5.91 Å². The van der Waals surface area contributed by atoms with Crippen LogP contribution in [0, 0.1) is 6.92 Å². The van der Waals surface area contributed by atoms with Gasteiger partial charge >= 0.3 is 5.97 Å². The van der Waals surface area contributed by atoms with Gasteiger partial charge in [-0.15, -0.1) is 0 Å². The van der Waals surface area contributed by atoms with Crippen molar-refractivity contribution in [2.45, 2.75) is 44.0 Å². The van der Waals surface area contributed by atoms with Gasteiger partial charge in [-0.25, -0.2) is 10.2 Å². The molecule has 2 rings (SSSR count). The highest BCUT2D eigenvalue weighted by atomic mass is 32.2. The Kier molecular flexibility index (Phi) is 6.28. The Bertz CT molecular complexity index is 918. The topological polar surface area (TPSA) is 180 Å². The molecule has 12 heteroatoms. The first-order valence-electron chi connectivity index (χ1n) is 8.41. The molecule has 1 aromatic rings. The van der Waals surface area contributed by atoms with Crippen molar-refractivity contribution in [2.75, 3.05) is 0 Å². The zero-order chi connectivity index (χ0) is 22.1. The Balaban J connectivity index is 2.29. The molecule has 0 spiro atoms. The van der Waals surface area contributed by atoms with E-state index in [1.807, 2.05) is 0 Å². The molecule has 4 atom stereocenters. The number of aromatic hydroxyl groups is 2. The van der Waals surface area contributed by atoms with Gasteiger partial charge in [-0.3, -0.25) is 13.8 Å². The third kappa shape index (κ3) is 4.07. The average molecular weight is 426 g/mol. The molecule has 158 valence electrons. The minimum Gasteiger partial charge on any atom is -0.772 e. The zero-order valence-electron chi connectivity index (χ0n) is 15.8. The first-order chi connectivity index (χ1) is 13.4. The number of carbonyl (C=O) groups excluding carboxylic acids is 2. The number of hydrogen-bond donors (Lipinski definition) is 4. The first kappa shape index (κ1) is 22.3. The van der Waals surface area contributed by atoms with Crippen LogP contribution < -0.4 is 5.43 Å². The summed E-state index contributed by atoms with van der Waals surface area (Å²) < 4.78 is 21.6. The van der Waals surface area contributed by atoms with Gasteiger partial charge in [0.1, 0.15) is 0 Å². The van der Waals surface area contributed by atoms with Gasteiger partial charge < -0.3 is 24.8 Å². The Morgan fingerprint density at radius 3 is 2.55 bits per heavy atom. The first-order valence-corrected chi connectivity index (χ1v) is 9.48. The molecular formula is C17H20N3O8S-. The van der Waals surface area contributed by atoms with Crippen LogP contribution in [0.3, 0.4) is 0 Å². The number of nitrogens with zero attached hydrogens (tertiary/aromatic N) is 2. The predicted molar refractivity (Wildman–Crippen MR) is 100 cm³/mol. The molecule has 1 unspecified atom stereocenters. The fourth-order valence-corrected chi connectivity index (χ4v) is 3.58. The minimum absolute atomic E-state index is 0.0382. The molecule has 0 bridgehead atoms. The maximum absolute atomic E-state index is 12.2. The third-order valence-corrected chi connectivity index (χ3v) is 5.84. The van der Waals surface area contributed by atoms with Gasteiger partial charge in [-0.2, -0.15) is 5.10 Å². The molecule has 0 radical (unpaired) electrons. The Hall–Kier alpha value is -2.99. The summed E-state index contributed by atoms with van der Waals surface area (Å²) in [7, 11) is 0. The van der Waals surface area contributed by atoms with E-state index < -0.39 is 57.2 Å². The SMILES string of the molecule is Cc1c(C(=O)N/N=C/[C@@](C)([C@H](C(=O)O)N2C(=O)C[C@H]2C)S(=O)[O-])ccc(O)c1O. The molecule has 2 amide bonds. The number of benzene rings is 1. The summed E-state index contributed by atoms with van der Waals surface area (Å²) in [5, 5.41) is 32.2. The van der Waals surface area contributed by atoms with Crippen LogP contribution in [-0.4, -0.2) is 69.8 Å². The number of aliphatic carboxylic acids is 1. The maximum atomic E-state index is 12.2. The molecule has 0 saturated carbocycles. The van der Waals surface area contributed by atoms with Crippen molar-refractivity contribution in [3.8, 4) is 11.5 Å². The molecule has 1 aliphatic heterocycles. The van der Waals surface area contributed by atoms with E-state index in [9.17, 15) is 38.5 Å². The monoisotopic (exact) mass is 426 g/mol. The lowest BCUT2D eigenvalue weighted by molar-refractivity contribution is -0.161. The van der Waals surface area contributed by atoms with E-state index in [-0.39, 0.29) is 17.5 Å². The lowest BCUT2D eigenvalue weighted by Crippen LogP contribution is -2.67. The van der Waals surface area contributed by atoms with Crippen molar-refractivity contribution < 1.29 is 38.5 Å². The van der Waals surface area contributed by atoms with Crippen LogP contribution in [-0.2, 0) is 20.7 Å². The van der Waals surface area contributed by atoms with Crippen LogP contribution in [0.5, 0.6) is 11.5 Å². The van der Waals surface area contributed by atoms with Crippen LogP contribution in [0.15, 0.2) is 17.2 Å². The lowest BCUT2D eigenvalue weighted by atomic mass is 9.92. The van der Waals surface area contributed by atoms with Gasteiger partial charge in [-0.05, 0) is 44.0 Å². The standard InChI is InChI=1S/C17H21N3O8S/c1-8-6-12(22)20(8)14(16(25)26)17(3,29(27)28)7-18-19-15(24)10-4-5-11(21)13(23)9(10)2/h4-5,7-8,14,21,23H,6H2,1-3H3,(H,19,24)(H,25,26)(H,27,28)/p-1/b18-7+/t8-,14+,17+/m1/s1. The van der Waals surface area contributed by atoms with Crippen LogP contribution in [0.25, 0.3) is 0 Å². The molecule has 1 aromatic carbocycles. The molecule has 1 aliphatic rings. The van der Waals surface area contributed by atoms with Gasteiger partial charge in [0, 0.05) is 29.8 Å². The molecule has 0 aromatic heterocycles. The number of carboxylic acids is 1. The van der Waals surface area contributed by atoms with Crippen molar-refractivity contribution in [3.63, 3.8) is 0 Å². The average Bonchev–Trinajstić information content (AvgIpc) is 2.63. The number of rotatable bonds is 7. The zero-order valence-corrected chi connectivity index (χ0v) is 16.6. The van der Waals surface area contributed by atoms with Gasteiger partial charge in [0.15, 0.2) is 17.5 Å². The largest absolute Gasteiger partial charge is 0.772 e. The van der Waals surface area contributed by atoms with Crippen molar-refractivity contribution in [1.82, 2.24) is 10.3 Å². The Morgan fingerprint density at radius 1 is 1.45 bits per heavy atom. The Labute approximate surface area is 168 Å². The number of hydrazone groups is 1. The van der Waals surface area contributed by atoms with Crippen molar-refractivity contribution in [2.24, 2.45) is 5.10 Å². The predicted octanol–water partition coefficient (Wildman–Crippen LogP) is -0.166. The quantitative estimate of drug-likeness (QED) is 0.152. The van der Waals surface area contributed by atoms with Gasteiger partial charge in [0.25, 0.3) is 5.91 Å². The number of phenols is 2. The van der Waals surface area contributed by atoms with E-state index in [4.69, 9.17) is 0 Å². The summed E-state index contributed by atoms with van der Waals surface area (Å²) in [6.45, 7) is 4.03. The van der Waals surface area contributed by atoms with E-state index in [1.165, 1.54) is 13.0 Å². The number of carbonyl (C=O) groups is 3. The summed E-state index contributed by atoms with van der Waals surface area (Å²) in [5.41, 5.74) is 2.08. The number of phenolic OH excluding ortho intramolecular Hbond substituents is 2. The highest BCUT2D eigenvalue weighted by Crippen LogP contribution is 2.31. The number of likely N-dealkylation sites (tertiary alicyclic amines) is 1. The number of carboxylic acid groups (broad SMARTS) is 1. The molecule has 4 N–H and O–H groups in total. The maximum Gasteiger partial charge on any atom is 0.328 e. The van der Waals surface area contributed by atoms with E-state index in [0.717, 1.165) is 24.1 Å². The molecule has 1 heterocycles. The van der Waals surface area contributed by atoms with Crippen molar-refractivity contribution in [3.05, 3.63) is 23.3 Å². The van der Waals surface area contributed by atoms with E-state index in [0.29, 0.717) is 0 Å². The van der Waals surface area contributed by atoms with Gasteiger partial charge in [0.05, 0.1) is 4.75 Å². The lowest BCUT2D eigenvalue weighted by Gasteiger charge is -2.48. The summed E-state index contributed by atoms with van der Waals surface area (Å²) in [4.78, 5) is 36.8. The second-order valence-electron chi connectivity index (χ2n) is 6.82. The number of β-lactam (4-membered cyclic amide) rings is 1. The van der Waals surface area contributed by atoms with Crippen molar-refractivity contribution in [1.29, 1.82) is 0 Å². The summed E-state index contributed by atoms with van der Waals surface area (Å²) in [6, 6.07) is 0.115. The number of nitrogens with one attached hydrogen (secondary N) is 1. The summed E-state index contributed by atoms with van der Waals surface area (Å²) in [5.74, 6) is -3.78. The van der Waals surface area contributed by atoms with E-state index >= 15 is 0 Å². The second-order valence-corrected chi connectivity index (χ2v) is 8.17. The molecule has 1 saturated heterocycles. The van der Waals surface area contributed by atoms with E-state index in [1.54, 1.807) is 6.92 Å². The van der Waals surface area contributed by atoms with Crippen LogP contribution in [0.4, 0.5) is 0 Å². The highest BCUT2D eigenvalue weighted by Gasteiger charge is 2.51. The highest BCUT2D eigenvalue weighted by molar-refractivity contribution is 7.81. The fraction of sp³-hybridized carbons (Fsp3) is 0.412. The fourth-order valence-electron chi connectivity index (χ4n) is 3.04. The van der Waals surface area contributed by atoms with Gasteiger partial charge in [-0.1, -0.05) is 0 Å². The third-order valence-electron chi connectivity index (χ3n) is 4.79. The number of amides is 2. The summed E-state index contributed by atoms with van der Waals surface area (Å²) in [6.07, 6.45) is 0.837. The summed E-state index contributed by atoms with van der Waals surface area (Å²) >= 11 is -3.01. The smallest absolute Gasteiger partial charge is 0.328 e. The normalized spacial score (nSPS) is 20.6. The minimum atomic E-state index is -3.01. The van der Waals surface area contributed by atoms with Crippen LogP contribution >= 0.6 is 0 Å². The number of hydrogen-bond acceptors (Lipinski definition) is 8. The van der Waals surface area contributed by atoms with E-state index in [2.05, 4.69) is 10.5 Å². The molecule has 29 heavy (non-hydrogen) atoms. The van der Waals surface area contributed by atoms with Crippen LogP contribution in [0.2, 0.25) is 0 Å².